The number of hydrogen-bond donors (Lipinski definition) is 1. The van der Waals surface area contributed by atoms with Crippen LogP contribution >= 0.6 is 0 Å². The highest BCUT2D eigenvalue weighted by Gasteiger charge is 2.20. The van der Waals surface area contributed by atoms with Gasteiger partial charge in [-0.05, 0) is 30.3 Å². The van der Waals surface area contributed by atoms with E-state index in [1.165, 1.54) is 6.26 Å². The first-order valence-corrected chi connectivity index (χ1v) is 9.94. The second-order valence-electron chi connectivity index (χ2n) is 6.12. The lowest BCUT2D eigenvalue weighted by Crippen LogP contribution is -2.35. The summed E-state index contributed by atoms with van der Waals surface area (Å²) in [5, 5.41) is 7.30. The van der Waals surface area contributed by atoms with Crippen LogP contribution in [-0.2, 0) is 16.4 Å². The number of nitrogens with zero attached hydrogens (tertiary/aromatic N) is 3. The molecule has 1 aliphatic heterocycles. The summed E-state index contributed by atoms with van der Waals surface area (Å²) in [4.78, 5) is 16.5. The monoisotopic (exact) mass is 368 g/mol. The summed E-state index contributed by atoms with van der Waals surface area (Å²) in [6.45, 7) is 1.22. The van der Waals surface area contributed by atoms with Crippen molar-refractivity contribution >= 4 is 15.7 Å². The minimum atomic E-state index is -3.23. The molecule has 0 fully saturated rings. The molecule has 0 aliphatic carbocycles. The quantitative estimate of drug-likeness (QED) is 0.760. The summed E-state index contributed by atoms with van der Waals surface area (Å²) in [6, 6.07) is 12.1. The van der Waals surface area contributed by atoms with Gasteiger partial charge in [0.25, 0.3) is 5.91 Å². The molecule has 132 valence electrons. The minimum absolute atomic E-state index is 0.124. The maximum Gasteiger partial charge on any atom is 0.269 e. The average Bonchev–Trinajstić information content (AvgIpc) is 3.07. The Hall–Kier alpha value is -3.00. The highest BCUT2D eigenvalue weighted by atomic mass is 32.2. The molecule has 1 N–H and O–H groups in total. The van der Waals surface area contributed by atoms with Crippen molar-refractivity contribution in [3.05, 3.63) is 54.4 Å². The van der Waals surface area contributed by atoms with Crippen LogP contribution in [0.4, 0.5) is 0 Å². The SMILES string of the molecule is CS(=O)(=O)c1ccc(-c2cc(-c3cc4n(n3)CCNC4=O)ccn2)cc1. The van der Waals surface area contributed by atoms with Crippen LogP contribution in [0.15, 0.2) is 53.6 Å². The molecule has 2 aromatic heterocycles. The summed E-state index contributed by atoms with van der Waals surface area (Å²) in [5.74, 6) is -0.124. The van der Waals surface area contributed by atoms with E-state index in [4.69, 9.17) is 0 Å². The van der Waals surface area contributed by atoms with Gasteiger partial charge in [0, 0.05) is 30.1 Å². The van der Waals surface area contributed by atoms with Crippen LogP contribution in [0.2, 0.25) is 0 Å². The zero-order chi connectivity index (χ0) is 18.3. The van der Waals surface area contributed by atoms with Gasteiger partial charge in [-0.2, -0.15) is 5.10 Å². The molecule has 8 heteroatoms. The Labute approximate surface area is 150 Å². The van der Waals surface area contributed by atoms with Crippen LogP contribution in [0, 0.1) is 0 Å². The van der Waals surface area contributed by atoms with E-state index in [0.717, 1.165) is 11.1 Å². The van der Waals surface area contributed by atoms with Gasteiger partial charge in [0.15, 0.2) is 9.84 Å². The molecule has 0 unspecified atom stereocenters. The van der Waals surface area contributed by atoms with Crippen LogP contribution in [-0.4, -0.2) is 41.9 Å². The number of rotatable bonds is 3. The Balaban J connectivity index is 1.70. The predicted octanol–water partition coefficient (Wildman–Crippen LogP) is 1.76. The van der Waals surface area contributed by atoms with E-state index in [2.05, 4.69) is 15.4 Å². The van der Waals surface area contributed by atoms with Crippen molar-refractivity contribution in [2.45, 2.75) is 11.4 Å². The zero-order valence-electron chi connectivity index (χ0n) is 14.0. The molecule has 3 aromatic rings. The molecule has 0 spiro atoms. The fourth-order valence-corrected chi connectivity index (χ4v) is 3.53. The van der Waals surface area contributed by atoms with Crippen LogP contribution in [0.1, 0.15) is 10.5 Å². The Morgan fingerprint density at radius 3 is 2.50 bits per heavy atom. The first kappa shape index (κ1) is 16.5. The van der Waals surface area contributed by atoms with Gasteiger partial charge in [0.1, 0.15) is 5.69 Å². The number of pyridine rings is 1. The van der Waals surface area contributed by atoms with Crippen LogP contribution in [0.25, 0.3) is 22.5 Å². The maximum absolute atomic E-state index is 11.9. The van der Waals surface area contributed by atoms with Gasteiger partial charge in [0.2, 0.25) is 0 Å². The number of sulfone groups is 1. The van der Waals surface area contributed by atoms with Crippen molar-refractivity contribution in [1.82, 2.24) is 20.1 Å². The number of carbonyl (C=O) groups excluding carboxylic acids is 1. The second-order valence-corrected chi connectivity index (χ2v) is 8.14. The van der Waals surface area contributed by atoms with Crippen molar-refractivity contribution in [1.29, 1.82) is 0 Å². The number of aromatic nitrogens is 3. The molecule has 0 saturated carbocycles. The number of amides is 1. The first-order valence-electron chi connectivity index (χ1n) is 8.05. The molecule has 0 saturated heterocycles. The largest absolute Gasteiger partial charge is 0.349 e. The Morgan fingerprint density at radius 2 is 1.81 bits per heavy atom. The number of hydrogen-bond acceptors (Lipinski definition) is 5. The summed E-state index contributed by atoms with van der Waals surface area (Å²) in [7, 11) is -3.23. The summed E-state index contributed by atoms with van der Waals surface area (Å²) in [6.07, 6.45) is 2.85. The van der Waals surface area contributed by atoms with Gasteiger partial charge < -0.3 is 5.32 Å². The number of fused-ring (bicyclic) bond motifs is 1. The van der Waals surface area contributed by atoms with Gasteiger partial charge >= 0.3 is 0 Å². The molecule has 1 aliphatic rings. The Bertz CT molecular complexity index is 1100. The molecule has 0 bridgehead atoms. The lowest BCUT2D eigenvalue weighted by Gasteiger charge is -2.13. The Morgan fingerprint density at radius 1 is 1.04 bits per heavy atom. The predicted molar refractivity (Wildman–Crippen MR) is 96.3 cm³/mol. The molecule has 4 rings (SSSR count). The van der Waals surface area contributed by atoms with Crippen molar-refractivity contribution < 1.29 is 13.2 Å². The van der Waals surface area contributed by atoms with Gasteiger partial charge in [-0.1, -0.05) is 12.1 Å². The Kier molecular flexibility index (Phi) is 3.84. The minimum Gasteiger partial charge on any atom is -0.349 e. The topological polar surface area (TPSA) is 94.0 Å². The highest BCUT2D eigenvalue weighted by Crippen LogP contribution is 2.25. The third-order valence-corrected chi connectivity index (χ3v) is 5.38. The molecular weight excluding hydrogens is 352 g/mol. The fourth-order valence-electron chi connectivity index (χ4n) is 2.90. The van der Waals surface area contributed by atoms with Crippen LogP contribution in [0.3, 0.4) is 0 Å². The van der Waals surface area contributed by atoms with E-state index in [1.54, 1.807) is 41.2 Å². The van der Waals surface area contributed by atoms with Crippen LogP contribution < -0.4 is 5.32 Å². The van der Waals surface area contributed by atoms with Crippen molar-refractivity contribution in [3.63, 3.8) is 0 Å². The van der Waals surface area contributed by atoms with E-state index < -0.39 is 9.84 Å². The standard InChI is InChI=1S/C18H16N4O3S/c1-26(24,25)14-4-2-12(3-5-14)15-10-13(6-7-19-15)16-11-17-18(23)20-8-9-22(17)21-16/h2-7,10-11H,8-9H2,1H3,(H,20,23). The van der Waals surface area contributed by atoms with Crippen molar-refractivity contribution in [3.8, 4) is 22.5 Å². The van der Waals surface area contributed by atoms with E-state index >= 15 is 0 Å². The van der Waals surface area contributed by atoms with E-state index in [1.807, 2.05) is 12.1 Å². The molecule has 1 aromatic carbocycles. The van der Waals surface area contributed by atoms with Crippen LogP contribution in [0.5, 0.6) is 0 Å². The molecule has 26 heavy (non-hydrogen) atoms. The number of benzene rings is 1. The third-order valence-electron chi connectivity index (χ3n) is 4.26. The summed E-state index contributed by atoms with van der Waals surface area (Å²) >= 11 is 0. The molecule has 7 nitrogen and oxygen atoms in total. The fraction of sp³-hybridized carbons (Fsp3) is 0.167. The van der Waals surface area contributed by atoms with Gasteiger partial charge in [-0.25, -0.2) is 8.42 Å². The zero-order valence-corrected chi connectivity index (χ0v) is 14.8. The van der Waals surface area contributed by atoms with Gasteiger partial charge in [-0.15, -0.1) is 0 Å². The molecular formula is C18H16N4O3S. The smallest absolute Gasteiger partial charge is 0.269 e. The summed E-state index contributed by atoms with van der Waals surface area (Å²) in [5.41, 5.74) is 3.60. The van der Waals surface area contributed by atoms with Crippen molar-refractivity contribution in [2.24, 2.45) is 0 Å². The van der Waals surface area contributed by atoms with E-state index in [-0.39, 0.29) is 10.8 Å². The van der Waals surface area contributed by atoms with Crippen molar-refractivity contribution in [2.75, 3.05) is 12.8 Å². The van der Waals surface area contributed by atoms with E-state index in [9.17, 15) is 13.2 Å². The number of nitrogens with one attached hydrogen (secondary N) is 1. The van der Waals surface area contributed by atoms with E-state index in [0.29, 0.717) is 30.2 Å². The maximum atomic E-state index is 11.9. The molecule has 3 heterocycles. The average molecular weight is 368 g/mol. The highest BCUT2D eigenvalue weighted by molar-refractivity contribution is 7.90. The van der Waals surface area contributed by atoms with Gasteiger partial charge in [0.05, 0.1) is 22.8 Å². The lowest BCUT2D eigenvalue weighted by molar-refractivity contribution is 0.0924. The molecule has 0 radical (unpaired) electrons. The molecule has 1 amide bonds. The first-order chi connectivity index (χ1) is 12.4. The third kappa shape index (κ3) is 2.99. The van der Waals surface area contributed by atoms with Gasteiger partial charge in [-0.3, -0.25) is 14.5 Å². The molecule has 0 atom stereocenters. The summed E-state index contributed by atoms with van der Waals surface area (Å²) < 4.78 is 24.9. The lowest BCUT2D eigenvalue weighted by atomic mass is 10.1. The second kappa shape index (κ2) is 6.06. The normalized spacial score (nSPS) is 14.0. The number of carbonyl (C=O) groups is 1.